The molecule has 0 radical (unpaired) electrons. The fourth-order valence-corrected chi connectivity index (χ4v) is 4.48. The number of rotatable bonds is 7. The molecule has 0 saturated carbocycles. The number of esters is 1. The quantitative estimate of drug-likeness (QED) is 0.605. The first-order valence-corrected chi connectivity index (χ1v) is 11.2. The number of carbonyl (C=O) groups is 2. The van der Waals surface area contributed by atoms with Gasteiger partial charge in [-0.2, -0.15) is 0 Å². The molecule has 1 atom stereocenters. The van der Waals surface area contributed by atoms with Crippen LogP contribution >= 0.6 is 0 Å². The van der Waals surface area contributed by atoms with Crippen LogP contribution in [-0.4, -0.2) is 49.3 Å². The monoisotopic (exact) mass is 440 g/mol. The van der Waals surface area contributed by atoms with Crippen molar-refractivity contribution in [2.75, 3.05) is 31.1 Å². The fraction of sp³-hybridized carbons (Fsp3) is 0.440. The van der Waals surface area contributed by atoms with E-state index in [1.807, 2.05) is 24.3 Å². The summed E-state index contributed by atoms with van der Waals surface area (Å²) in [5.41, 5.74) is 1.82. The third-order valence-electron chi connectivity index (χ3n) is 6.23. The van der Waals surface area contributed by atoms with E-state index in [0.29, 0.717) is 12.5 Å². The predicted molar refractivity (Wildman–Crippen MR) is 119 cm³/mol. The maximum Gasteiger partial charge on any atom is 0.415 e. The van der Waals surface area contributed by atoms with E-state index in [-0.39, 0.29) is 30.7 Å². The summed E-state index contributed by atoms with van der Waals surface area (Å²) in [6.07, 6.45) is 1.54. The zero-order chi connectivity index (χ0) is 22.5. The van der Waals surface area contributed by atoms with Crippen molar-refractivity contribution in [3.05, 3.63) is 65.5 Å². The summed E-state index contributed by atoms with van der Waals surface area (Å²) in [7, 11) is 0. The normalized spacial score (nSPS) is 21.8. The summed E-state index contributed by atoms with van der Waals surface area (Å²) in [6.45, 7) is 5.12. The highest BCUT2D eigenvalue weighted by Gasteiger charge is 2.37. The molecule has 3 aliphatic rings. The highest BCUT2D eigenvalue weighted by atomic mass is 19.1. The lowest BCUT2D eigenvalue weighted by molar-refractivity contribution is -0.142. The second-order valence-electron chi connectivity index (χ2n) is 8.40. The smallest absolute Gasteiger partial charge is 0.415 e. The molecule has 3 aliphatic heterocycles. The Morgan fingerprint density at radius 1 is 1.06 bits per heavy atom. The van der Waals surface area contributed by atoms with Gasteiger partial charge in [-0.3, -0.25) is 14.6 Å². The number of hydrogen-bond acceptors (Lipinski definition) is 5. The van der Waals surface area contributed by atoms with Gasteiger partial charge in [0.2, 0.25) is 0 Å². The molecule has 6 nitrogen and oxygen atoms in total. The summed E-state index contributed by atoms with van der Waals surface area (Å²) in [4.78, 5) is 28.5. The van der Waals surface area contributed by atoms with Crippen LogP contribution in [0.15, 0.2) is 48.5 Å². The number of benzene rings is 2. The standard InChI is InChI=1S/C25H29FN2O4/c1-2-31-24(29)15-18-7-9-19(10-8-18)16-28(22-6-4-3-5-21(22)26)25(30)32-23-17-27-13-11-20(23)12-14-27/h3-10,20,23H,2,11-17H2,1H3. The zero-order valence-corrected chi connectivity index (χ0v) is 18.3. The molecule has 3 heterocycles. The Labute approximate surface area is 187 Å². The summed E-state index contributed by atoms with van der Waals surface area (Å²) in [5, 5.41) is 0. The van der Waals surface area contributed by atoms with Crippen molar-refractivity contribution in [1.82, 2.24) is 4.90 Å². The van der Waals surface area contributed by atoms with Gasteiger partial charge in [-0.25, -0.2) is 9.18 Å². The van der Waals surface area contributed by atoms with Gasteiger partial charge in [0.25, 0.3) is 0 Å². The molecule has 2 aromatic rings. The molecule has 170 valence electrons. The van der Waals surface area contributed by atoms with Gasteiger partial charge in [0.05, 0.1) is 25.3 Å². The van der Waals surface area contributed by atoms with E-state index in [1.54, 1.807) is 25.1 Å². The fourth-order valence-electron chi connectivity index (χ4n) is 4.48. The summed E-state index contributed by atoms with van der Waals surface area (Å²) >= 11 is 0. The van der Waals surface area contributed by atoms with E-state index < -0.39 is 11.9 Å². The maximum absolute atomic E-state index is 14.6. The lowest BCUT2D eigenvalue weighted by Gasteiger charge is -2.44. The highest BCUT2D eigenvalue weighted by Crippen LogP contribution is 2.31. The van der Waals surface area contributed by atoms with E-state index >= 15 is 0 Å². The van der Waals surface area contributed by atoms with Crippen LogP contribution in [0.1, 0.15) is 30.9 Å². The van der Waals surface area contributed by atoms with Crippen LogP contribution < -0.4 is 4.90 Å². The van der Waals surface area contributed by atoms with Gasteiger partial charge >= 0.3 is 12.1 Å². The van der Waals surface area contributed by atoms with Crippen LogP contribution in [0.3, 0.4) is 0 Å². The molecule has 3 fully saturated rings. The number of carbonyl (C=O) groups excluding carboxylic acids is 2. The topological polar surface area (TPSA) is 59.1 Å². The number of fused-ring (bicyclic) bond motifs is 3. The van der Waals surface area contributed by atoms with Crippen molar-refractivity contribution < 1.29 is 23.5 Å². The van der Waals surface area contributed by atoms with Crippen molar-refractivity contribution in [3.63, 3.8) is 0 Å². The van der Waals surface area contributed by atoms with Crippen LogP contribution in [0.4, 0.5) is 14.9 Å². The number of nitrogens with zero attached hydrogens (tertiary/aromatic N) is 2. The molecule has 0 aromatic heterocycles. The van der Waals surface area contributed by atoms with E-state index in [0.717, 1.165) is 43.6 Å². The van der Waals surface area contributed by atoms with Gasteiger partial charge in [0.15, 0.2) is 0 Å². The Balaban J connectivity index is 1.49. The molecule has 1 unspecified atom stereocenters. The minimum Gasteiger partial charge on any atom is -0.466 e. The molecular formula is C25H29FN2O4. The van der Waals surface area contributed by atoms with E-state index in [9.17, 15) is 14.0 Å². The first kappa shape index (κ1) is 22.3. The molecule has 2 bridgehead atoms. The van der Waals surface area contributed by atoms with E-state index in [4.69, 9.17) is 9.47 Å². The lowest BCUT2D eigenvalue weighted by Crippen LogP contribution is -2.53. The molecule has 5 rings (SSSR count). The number of piperidine rings is 3. The maximum atomic E-state index is 14.6. The van der Waals surface area contributed by atoms with Gasteiger partial charge in [-0.15, -0.1) is 0 Å². The van der Waals surface area contributed by atoms with Crippen molar-refractivity contribution in [2.24, 2.45) is 5.92 Å². The van der Waals surface area contributed by atoms with Crippen molar-refractivity contribution in [3.8, 4) is 0 Å². The molecule has 3 saturated heterocycles. The lowest BCUT2D eigenvalue weighted by atomic mass is 9.86. The Kier molecular flexibility index (Phi) is 7.05. The molecule has 1 amide bonds. The number of amides is 1. The highest BCUT2D eigenvalue weighted by molar-refractivity contribution is 5.88. The molecule has 2 aromatic carbocycles. The molecule has 32 heavy (non-hydrogen) atoms. The minimum absolute atomic E-state index is 0.161. The second kappa shape index (κ2) is 10.1. The molecule has 0 N–H and O–H groups in total. The first-order chi connectivity index (χ1) is 15.5. The number of ether oxygens (including phenoxy) is 2. The van der Waals surface area contributed by atoms with Gasteiger partial charge in [-0.1, -0.05) is 36.4 Å². The third-order valence-corrected chi connectivity index (χ3v) is 6.23. The number of anilines is 1. The molecule has 0 spiro atoms. The Bertz CT molecular complexity index is 941. The van der Waals surface area contributed by atoms with Crippen LogP contribution in [0.25, 0.3) is 0 Å². The SMILES string of the molecule is CCOC(=O)Cc1ccc(CN(C(=O)OC2CN3CCC2CC3)c2ccccc2F)cc1. The van der Waals surface area contributed by atoms with Gasteiger partial charge < -0.3 is 9.47 Å². The zero-order valence-electron chi connectivity index (χ0n) is 18.3. The second-order valence-corrected chi connectivity index (χ2v) is 8.40. The number of para-hydroxylation sites is 1. The van der Waals surface area contributed by atoms with Gasteiger partial charge in [0.1, 0.15) is 11.9 Å². The largest absolute Gasteiger partial charge is 0.466 e. The summed E-state index contributed by atoms with van der Waals surface area (Å²) < 4.78 is 25.5. The summed E-state index contributed by atoms with van der Waals surface area (Å²) in [6, 6.07) is 13.5. The number of hydrogen-bond donors (Lipinski definition) is 0. The van der Waals surface area contributed by atoms with Crippen molar-refractivity contribution >= 4 is 17.7 Å². The van der Waals surface area contributed by atoms with Crippen molar-refractivity contribution in [2.45, 2.75) is 38.8 Å². The van der Waals surface area contributed by atoms with Crippen molar-refractivity contribution in [1.29, 1.82) is 0 Å². The average molecular weight is 441 g/mol. The number of halogens is 1. The van der Waals surface area contributed by atoms with Crippen LogP contribution in [0.2, 0.25) is 0 Å². The first-order valence-electron chi connectivity index (χ1n) is 11.2. The van der Waals surface area contributed by atoms with Gasteiger partial charge in [0, 0.05) is 6.54 Å². The minimum atomic E-state index is -0.538. The molecule has 0 aliphatic carbocycles. The Hall–Kier alpha value is -2.93. The molecular weight excluding hydrogens is 411 g/mol. The van der Waals surface area contributed by atoms with E-state index in [1.165, 1.54) is 11.0 Å². The van der Waals surface area contributed by atoms with Crippen LogP contribution in [0, 0.1) is 11.7 Å². The Morgan fingerprint density at radius 2 is 1.75 bits per heavy atom. The molecule has 7 heteroatoms. The van der Waals surface area contributed by atoms with Crippen LogP contribution in [0.5, 0.6) is 0 Å². The predicted octanol–water partition coefficient (Wildman–Crippen LogP) is 4.17. The Morgan fingerprint density at radius 3 is 2.38 bits per heavy atom. The van der Waals surface area contributed by atoms with E-state index in [2.05, 4.69) is 4.90 Å². The van der Waals surface area contributed by atoms with Gasteiger partial charge in [-0.05, 0) is 62.0 Å². The average Bonchev–Trinajstić information content (AvgIpc) is 2.80. The third kappa shape index (κ3) is 5.27. The summed E-state index contributed by atoms with van der Waals surface area (Å²) in [5.74, 6) is -0.389. The van der Waals surface area contributed by atoms with Crippen LogP contribution in [-0.2, 0) is 27.2 Å².